The first kappa shape index (κ1) is 14.2. The molecule has 4 heteroatoms. The van der Waals surface area contributed by atoms with Crippen molar-refractivity contribution >= 4 is 32.2 Å². The third-order valence-corrected chi connectivity index (χ3v) is 6.99. The topological polar surface area (TPSA) is 29.1 Å². The first-order valence-corrected chi connectivity index (χ1v) is 9.54. The Labute approximate surface area is 127 Å². The molecule has 1 atom stereocenters. The third-order valence-electron chi connectivity index (χ3n) is 4.15. The summed E-state index contributed by atoms with van der Waals surface area (Å²) in [6.45, 7) is 4.48. The van der Waals surface area contributed by atoms with Crippen LogP contribution in [-0.2, 0) is 10.8 Å². The van der Waals surface area contributed by atoms with E-state index in [1.54, 1.807) is 0 Å². The fraction of sp³-hybridized carbons (Fsp3) is 0.500. The van der Waals surface area contributed by atoms with Gasteiger partial charge in [-0.15, -0.1) is 11.3 Å². The van der Waals surface area contributed by atoms with Gasteiger partial charge in [-0.1, -0.05) is 18.2 Å². The van der Waals surface area contributed by atoms with Crippen LogP contribution in [0.5, 0.6) is 0 Å². The lowest BCUT2D eigenvalue weighted by Gasteiger charge is -2.26. The number of nitrogens with one attached hydrogen (secondary N) is 1. The highest BCUT2D eigenvalue weighted by Crippen LogP contribution is 2.34. The van der Waals surface area contributed by atoms with E-state index in [2.05, 4.69) is 43.4 Å². The molecule has 0 bridgehead atoms. The zero-order valence-electron chi connectivity index (χ0n) is 12.0. The third kappa shape index (κ3) is 2.83. The molecule has 0 aliphatic carbocycles. The molecule has 3 rings (SSSR count). The molecule has 1 aromatic heterocycles. The molecule has 108 valence electrons. The van der Waals surface area contributed by atoms with Gasteiger partial charge < -0.3 is 5.32 Å². The van der Waals surface area contributed by atoms with Crippen LogP contribution in [0.2, 0.25) is 0 Å². The zero-order chi connectivity index (χ0) is 14.1. The highest BCUT2D eigenvalue weighted by Gasteiger charge is 2.21. The lowest BCUT2D eigenvalue weighted by molar-refractivity contribution is 0.429. The Hall–Kier alpha value is -0.710. The molecule has 2 aromatic rings. The highest BCUT2D eigenvalue weighted by atomic mass is 32.2. The van der Waals surface area contributed by atoms with Gasteiger partial charge >= 0.3 is 0 Å². The first-order valence-electron chi connectivity index (χ1n) is 7.24. The summed E-state index contributed by atoms with van der Waals surface area (Å²) in [7, 11) is -0.574. The van der Waals surface area contributed by atoms with Crippen molar-refractivity contribution in [3.63, 3.8) is 0 Å². The summed E-state index contributed by atoms with van der Waals surface area (Å²) in [6, 6.07) is 9.53. The van der Waals surface area contributed by atoms with E-state index in [-0.39, 0.29) is 0 Å². The standard InChI is InChI=1S/C16H21NOS2/c1-11-14-5-3-4-6-15(14)19-16(11)12(2)17-13-7-9-20(18)10-8-13/h3-6,12-13,17H,7-10H2,1-2H3. The van der Waals surface area contributed by atoms with Crippen LogP contribution in [0.3, 0.4) is 0 Å². The molecule has 1 N–H and O–H groups in total. The van der Waals surface area contributed by atoms with Gasteiger partial charge in [-0.25, -0.2) is 0 Å². The van der Waals surface area contributed by atoms with Gasteiger partial charge in [0, 0.05) is 44.0 Å². The van der Waals surface area contributed by atoms with Crippen molar-refractivity contribution in [2.75, 3.05) is 11.5 Å². The van der Waals surface area contributed by atoms with E-state index in [1.807, 2.05) is 11.3 Å². The molecule has 0 saturated carbocycles. The molecular formula is C16H21NOS2. The van der Waals surface area contributed by atoms with Gasteiger partial charge in [-0.05, 0) is 43.7 Å². The molecule has 1 unspecified atom stereocenters. The summed E-state index contributed by atoms with van der Waals surface area (Å²) in [5, 5.41) is 5.11. The van der Waals surface area contributed by atoms with Gasteiger partial charge in [0.1, 0.15) is 0 Å². The van der Waals surface area contributed by atoms with E-state index in [4.69, 9.17) is 0 Å². The van der Waals surface area contributed by atoms with Crippen LogP contribution in [0.1, 0.15) is 36.2 Å². The maximum Gasteiger partial charge on any atom is 0.0391 e. The van der Waals surface area contributed by atoms with Crippen LogP contribution in [-0.4, -0.2) is 21.8 Å². The Balaban J connectivity index is 1.77. The zero-order valence-corrected chi connectivity index (χ0v) is 13.7. The predicted octanol–water partition coefficient (Wildman–Crippen LogP) is 3.77. The van der Waals surface area contributed by atoms with Crippen molar-refractivity contribution in [1.82, 2.24) is 5.32 Å². The minimum Gasteiger partial charge on any atom is -0.307 e. The van der Waals surface area contributed by atoms with Crippen molar-refractivity contribution < 1.29 is 4.21 Å². The monoisotopic (exact) mass is 307 g/mol. The van der Waals surface area contributed by atoms with E-state index < -0.39 is 10.8 Å². The highest BCUT2D eigenvalue weighted by molar-refractivity contribution is 7.85. The first-order chi connectivity index (χ1) is 9.65. The second-order valence-corrected chi connectivity index (χ2v) is 8.38. The van der Waals surface area contributed by atoms with Crippen molar-refractivity contribution in [3.8, 4) is 0 Å². The molecule has 2 heterocycles. The Morgan fingerprint density at radius 3 is 2.70 bits per heavy atom. The minimum absolute atomic E-state index is 0.379. The Kier molecular flexibility index (Phi) is 4.24. The molecule has 0 spiro atoms. The van der Waals surface area contributed by atoms with Gasteiger partial charge in [-0.2, -0.15) is 0 Å². The van der Waals surface area contributed by atoms with Crippen molar-refractivity contribution in [2.24, 2.45) is 0 Å². The largest absolute Gasteiger partial charge is 0.307 e. The van der Waals surface area contributed by atoms with E-state index in [1.165, 1.54) is 20.5 Å². The normalized spacial score (nSPS) is 24.9. The maximum atomic E-state index is 11.4. The molecule has 1 saturated heterocycles. The van der Waals surface area contributed by atoms with E-state index in [9.17, 15) is 4.21 Å². The van der Waals surface area contributed by atoms with Crippen LogP contribution >= 0.6 is 11.3 Å². The number of hydrogen-bond acceptors (Lipinski definition) is 3. The molecule has 1 aliphatic rings. The number of hydrogen-bond donors (Lipinski definition) is 1. The smallest absolute Gasteiger partial charge is 0.0391 e. The fourth-order valence-corrected chi connectivity index (χ4v) is 5.52. The minimum atomic E-state index is -0.574. The molecule has 2 nitrogen and oxygen atoms in total. The average molecular weight is 307 g/mol. The lowest BCUT2D eigenvalue weighted by Crippen LogP contribution is -2.37. The van der Waals surface area contributed by atoms with Crippen LogP contribution < -0.4 is 5.32 Å². The molecule has 0 radical (unpaired) electrons. The molecule has 1 aromatic carbocycles. The van der Waals surface area contributed by atoms with E-state index in [0.29, 0.717) is 12.1 Å². The number of rotatable bonds is 3. The summed E-state index contributed by atoms with van der Waals surface area (Å²) >= 11 is 1.90. The van der Waals surface area contributed by atoms with E-state index >= 15 is 0 Å². The van der Waals surface area contributed by atoms with E-state index in [0.717, 1.165) is 24.3 Å². The Morgan fingerprint density at radius 2 is 2.00 bits per heavy atom. The van der Waals surface area contributed by atoms with Crippen LogP contribution in [0, 0.1) is 6.92 Å². The second kappa shape index (κ2) is 5.96. The number of fused-ring (bicyclic) bond motifs is 1. The van der Waals surface area contributed by atoms with Gasteiger partial charge in [0.05, 0.1) is 0 Å². The predicted molar refractivity (Wildman–Crippen MR) is 89.0 cm³/mol. The second-order valence-electron chi connectivity index (χ2n) is 5.60. The summed E-state index contributed by atoms with van der Waals surface area (Å²) in [5.41, 5.74) is 1.41. The van der Waals surface area contributed by atoms with Crippen LogP contribution in [0.15, 0.2) is 24.3 Å². The maximum absolute atomic E-state index is 11.4. The van der Waals surface area contributed by atoms with Crippen molar-refractivity contribution in [1.29, 1.82) is 0 Å². The quantitative estimate of drug-likeness (QED) is 0.935. The Morgan fingerprint density at radius 1 is 1.30 bits per heavy atom. The lowest BCUT2D eigenvalue weighted by atomic mass is 10.1. The molecule has 1 aliphatic heterocycles. The van der Waals surface area contributed by atoms with Crippen molar-refractivity contribution in [3.05, 3.63) is 34.7 Å². The average Bonchev–Trinajstić information content (AvgIpc) is 2.79. The van der Waals surface area contributed by atoms with Gasteiger partial charge in [0.2, 0.25) is 0 Å². The van der Waals surface area contributed by atoms with Crippen LogP contribution in [0.4, 0.5) is 0 Å². The molecule has 0 amide bonds. The fourth-order valence-electron chi connectivity index (χ4n) is 3.00. The van der Waals surface area contributed by atoms with Crippen LogP contribution in [0.25, 0.3) is 10.1 Å². The number of thiophene rings is 1. The summed E-state index contributed by atoms with van der Waals surface area (Å²) in [4.78, 5) is 1.44. The SMILES string of the molecule is Cc1c(C(C)NC2CCS(=O)CC2)sc2ccccc12. The van der Waals surface area contributed by atoms with Gasteiger partial charge in [-0.3, -0.25) is 4.21 Å². The van der Waals surface area contributed by atoms with Gasteiger partial charge in [0.25, 0.3) is 0 Å². The molecule has 1 fully saturated rings. The molecule has 20 heavy (non-hydrogen) atoms. The van der Waals surface area contributed by atoms with Crippen molar-refractivity contribution in [2.45, 2.75) is 38.8 Å². The number of benzene rings is 1. The Bertz CT molecular complexity index is 624. The number of aryl methyl sites for hydroxylation is 1. The van der Waals surface area contributed by atoms with Gasteiger partial charge in [0.15, 0.2) is 0 Å². The molecular weight excluding hydrogens is 286 g/mol. The summed E-state index contributed by atoms with van der Waals surface area (Å²) in [6.07, 6.45) is 2.09. The summed E-state index contributed by atoms with van der Waals surface area (Å²) in [5.74, 6) is 1.71. The summed E-state index contributed by atoms with van der Waals surface area (Å²) < 4.78 is 12.8.